The summed E-state index contributed by atoms with van der Waals surface area (Å²) in [6.07, 6.45) is 3.26. The van der Waals surface area contributed by atoms with Crippen LogP contribution in [0.25, 0.3) is 6.08 Å². The molecule has 1 N–H and O–H groups in total. The Morgan fingerprint density at radius 2 is 2.08 bits per heavy atom. The lowest BCUT2D eigenvalue weighted by Crippen LogP contribution is -2.21. The fourth-order valence-corrected chi connectivity index (χ4v) is 2.47. The molecule has 126 valence electrons. The van der Waals surface area contributed by atoms with Gasteiger partial charge < -0.3 is 9.84 Å². The van der Waals surface area contributed by atoms with Gasteiger partial charge in [-0.1, -0.05) is 6.07 Å². The Morgan fingerprint density at radius 3 is 2.80 bits per heavy atom. The molecule has 7 heteroatoms. The van der Waals surface area contributed by atoms with E-state index in [-0.39, 0.29) is 11.5 Å². The van der Waals surface area contributed by atoms with E-state index in [0.717, 1.165) is 0 Å². The summed E-state index contributed by atoms with van der Waals surface area (Å²) in [6.45, 7) is 1.72. The van der Waals surface area contributed by atoms with Crippen LogP contribution in [0.15, 0.2) is 53.3 Å². The van der Waals surface area contributed by atoms with Gasteiger partial charge in [0.05, 0.1) is 29.6 Å². The number of carbonyl (C=O) groups excluding carboxylic acids is 1. The average Bonchev–Trinajstić information content (AvgIpc) is 2.90. The highest BCUT2D eigenvalue weighted by molar-refractivity contribution is 6.32. The number of carboxylic acids is 1. The summed E-state index contributed by atoms with van der Waals surface area (Å²) in [6, 6.07) is 9.60. The summed E-state index contributed by atoms with van der Waals surface area (Å²) in [4.78, 5) is 28.0. The highest BCUT2D eigenvalue weighted by atomic mass is 16.5. The maximum absolute atomic E-state index is 12.7. The van der Waals surface area contributed by atoms with Gasteiger partial charge in [0.25, 0.3) is 5.91 Å². The van der Waals surface area contributed by atoms with Crippen LogP contribution in [0.5, 0.6) is 5.88 Å². The highest BCUT2D eigenvalue weighted by Crippen LogP contribution is 2.27. The van der Waals surface area contributed by atoms with Crippen molar-refractivity contribution in [3.8, 4) is 5.88 Å². The Balaban J connectivity index is 1.98. The molecule has 1 aromatic heterocycles. The van der Waals surface area contributed by atoms with Crippen molar-refractivity contribution >= 4 is 29.4 Å². The molecule has 1 aromatic carbocycles. The van der Waals surface area contributed by atoms with Gasteiger partial charge in [-0.2, -0.15) is 10.1 Å². The Kier molecular flexibility index (Phi) is 4.30. The Labute approximate surface area is 143 Å². The van der Waals surface area contributed by atoms with Gasteiger partial charge in [0.1, 0.15) is 0 Å². The second-order valence-corrected chi connectivity index (χ2v) is 5.32. The quantitative estimate of drug-likeness (QED) is 0.866. The largest absolute Gasteiger partial charge is 0.481 e. The van der Waals surface area contributed by atoms with Gasteiger partial charge >= 0.3 is 5.97 Å². The number of carboxylic acid groups (broad SMARTS) is 1. The Hall–Kier alpha value is -3.48. The number of ether oxygens (including phenoxy) is 1. The second-order valence-electron chi connectivity index (χ2n) is 5.32. The highest BCUT2D eigenvalue weighted by Gasteiger charge is 2.29. The van der Waals surface area contributed by atoms with E-state index in [2.05, 4.69) is 10.1 Å². The molecule has 0 spiro atoms. The summed E-state index contributed by atoms with van der Waals surface area (Å²) in [5.41, 5.74) is 2.06. The van der Waals surface area contributed by atoms with Crippen LogP contribution in [-0.2, 0) is 4.79 Å². The second kappa shape index (κ2) is 6.56. The van der Waals surface area contributed by atoms with E-state index in [1.54, 1.807) is 43.5 Å². The van der Waals surface area contributed by atoms with E-state index in [9.17, 15) is 9.59 Å². The van der Waals surface area contributed by atoms with E-state index in [1.807, 2.05) is 0 Å². The summed E-state index contributed by atoms with van der Waals surface area (Å²) < 4.78 is 5.19. The van der Waals surface area contributed by atoms with Gasteiger partial charge in [-0.3, -0.25) is 4.79 Å². The van der Waals surface area contributed by atoms with Crippen molar-refractivity contribution in [2.24, 2.45) is 5.10 Å². The van der Waals surface area contributed by atoms with Gasteiger partial charge in [0.2, 0.25) is 5.88 Å². The number of nitrogens with zero attached hydrogens (tertiary/aromatic N) is 3. The molecule has 0 unspecified atom stereocenters. The first-order valence-electron chi connectivity index (χ1n) is 7.45. The van der Waals surface area contributed by atoms with Gasteiger partial charge in [-0.15, -0.1) is 0 Å². The molecule has 0 aliphatic carbocycles. The summed E-state index contributed by atoms with van der Waals surface area (Å²) in [7, 11) is 1.51. The molecule has 1 aliphatic heterocycles. The number of pyridine rings is 1. The number of aromatic nitrogens is 1. The number of rotatable bonds is 4. The van der Waals surface area contributed by atoms with Crippen molar-refractivity contribution in [2.45, 2.75) is 6.92 Å². The molecule has 0 saturated carbocycles. The third kappa shape index (κ3) is 3.12. The van der Waals surface area contributed by atoms with Crippen LogP contribution in [0.2, 0.25) is 0 Å². The fourth-order valence-electron chi connectivity index (χ4n) is 2.47. The monoisotopic (exact) mass is 337 g/mol. The zero-order valence-electron chi connectivity index (χ0n) is 13.6. The van der Waals surface area contributed by atoms with Crippen molar-refractivity contribution < 1.29 is 19.4 Å². The molecule has 0 saturated heterocycles. The fraction of sp³-hybridized carbons (Fsp3) is 0.111. The number of amides is 1. The van der Waals surface area contributed by atoms with Gasteiger partial charge in [-0.25, -0.2) is 9.78 Å². The first kappa shape index (κ1) is 16.4. The zero-order chi connectivity index (χ0) is 18.0. The predicted octanol–water partition coefficient (Wildman–Crippen LogP) is 2.59. The van der Waals surface area contributed by atoms with Crippen molar-refractivity contribution in [1.82, 2.24) is 4.98 Å². The molecule has 2 aromatic rings. The number of carbonyl (C=O) groups is 2. The van der Waals surface area contributed by atoms with Crippen LogP contribution in [-0.4, -0.2) is 34.8 Å². The number of aromatic carboxylic acids is 1. The molecule has 0 fully saturated rings. The van der Waals surface area contributed by atoms with Gasteiger partial charge in [-0.05, 0) is 43.3 Å². The van der Waals surface area contributed by atoms with E-state index in [0.29, 0.717) is 28.4 Å². The molecule has 0 atom stereocenters. The molecule has 2 heterocycles. The summed E-state index contributed by atoms with van der Waals surface area (Å²) in [5, 5.41) is 14.5. The van der Waals surface area contributed by atoms with E-state index < -0.39 is 5.97 Å². The molecule has 1 aliphatic rings. The van der Waals surface area contributed by atoms with Crippen LogP contribution in [0, 0.1) is 0 Å². The van der Waals surface area contributed by atoms with Crippen molar-refractivity contribution in [2.75, 3.05) is 12.1 Å². The van der Waals surface area contributed by atoms with Crippen molar-refractivity contribution in [1.29, 1.82) is 0 Å². The van der Waals surface area contributed by atoms with Crippen LogP contribution in [0.4, 0.5) is 5.69 Å². The number of anilines is 1. The summed E-state index contributed by atoms with van der Waals surface area (Å²) >= 11 is 0. The first-order valence-corrected chi connectivity index (χ1v) is 7.45. The smallest absolute Gasteiger partial charge is 0.335 e. The molecule has 1 amide bonds. The molecule has 0 radical (unpaired) electrons. The van der Waals surface area contributed by atoms with Crippen LogP contribution in [0.1, 0.15) is 22.8 Å². The lowest BCUT2D eigenvalue weighted by molar-refractivity contribution is -0.114. The predicted molar refractivity (Wildman–Crippen MR) is 92.8 cm³/mol. The van der Waals surface area contributed by atoms with Crippen LogP contribution < -0.4 is 9.75 Å². The topological polar surface area (TPSA) is 92.1 Å². The Bertz CT molecular complexity index is 918. The number of hydrogen-bond acceptors (Lipinski definition) is 5. The number of methoxy groups -OCH3 is 1. The molecular formula is C18H15N3O4. The first-order chi connectivity index (χ1) is 12.0. The third-order valence-corrected chi connectivity index (χ3v) is 3.69. The average molecular weight is 337 g/mol. The molecule has 0 bridgehead atoms. The van der Waals surface area contributed by atoms with Crippen molar-refractivity contribution in [3.63, 3.8) is 0 Å². The number of hydrazone groups is 1. The minimum absolute atomic E-state index is 0.0875. The maximum atomic E-state index is 12.7. The van der Waals surface area contributed by atoms with Gasteiger partial charge in [0, 0.05) is 11.8 Å². The van der Waals surface area contributed by atoms with Crippen molar-refractivity contribution in [3.05, 3.63) is 59.3 Å². The summed E-state index contributed by atoms with van der Waals surface area (Å²) in [5.74, 6) is -1.00. The molecule has 3 rings (SSSR count). The third-order valence-electron chi connectivity index (χ3n) is 3.69. The van der Waals surface area contributed by atoms with Crippen LogP contribution in [0.3, 0.4) is 0 Å². The normalized spacial score (nSPS) is 15.4. The number of benzene rings is 1. The van der Waals surface area contributed by atoms with E-state index in [4.69, 9.17) is 9.84 Å². The Morgan fingerprint density at radius 1 is 1.28 bits per heavy atom. The minimum atomic E-state index is -1.06. The maximum Gasteiger partial charge on any atom is 0.335 e. The lowest BCUT2D eigenvalue weighted by Gasteiger charge is -2.12. The standard InChI is InChI=1S/C18H15N3O4/c1-11-15(10-12-6-4-8-19-16(12)25-2)17(22)21(20-11)14-7-3-5-13(9-14)18(23)24/h3-10H,1-2H3,(H,23,24)/b15-10-. The SMILES string of the molecule is COc1ncccc1/C=C1\C(=O)N(c2cccc(C(=O)O)c2)N=C1C. The van der Waals surface area contributed by atoms with Crippen LogP contribution >= 0.6 is 0 Å². The zero-order valence-corrected chi connectivity index (χ0v) is 13.6. The molecular weight excluding hydrogens is 322 g/mol. The molecule has 7 nitrogen and oxygen atoms in total. The van der Waals surface area contributed by atoms with E-state index in [1.165, 1.54) is 24.3 Å². The minimum Gasteiger partial charge on any atom is -0.481 e. The number of hydrogen-bond donors (Lipinski definition) is 1. The lowest BCUT2D eigenvalue weighted by atomic mass is 10.1. The molecule has 25 heavy (non-hydrogen) atoms. The van der Waals surface area contributed by atoms with Gasteiger partial charge in [0.15, 0.2) is 0 Å². The van der Waals surface area contributed by atoms with E-state index >= 15 is 0 Å².